The summed E-state index contributed by atoms with van der Waals surface area (Å²) in [7, 11) is 4.12. The highest BCUT2D eigenvalue weighted by molar-refractivity contribution is 9.10. The lowest BCUT2D eigenvalue weighted by Gasteiger charge is -2.13. The molecule has 0 fully saturated rings. The van der Waals surface area contributed by atoms with Crippen molar-refractivity contribution in [3.8, 4) is 5.75 Å². The monoisotopic (exact) mass is 369 g/mol. The van der Waals surface area contributed by atoms with Crippen LogP contribution in [0.3, 0.4) is 0 Å². The van der Waals surface area contributed by atoms with Crippen molar-refractivity contribution in [3.63, 3.8) is 0 Å². The third-order valence-corrected chi connectivity index (χ3v) is 3.26. The quantitative estimate of drug-likeness (QED) is 0.681. The van der Waals surface area contributed by atoms with E-state index in [1.54, 1.807) is 0 Å². The Bertz CT molecular complexity index is 366. The van der Waals surface area contributed by atoms with Gasteiger partial charge >= 0.3 is 0 Å². The Hall–Kier alpha value is -0.0000000000000000555. The number of benzene rings is 1. The molecule has 0 bridgehead atoms. The normalized spacial score (nSPS) is 10.4. The molecule has 0 amide bonds. The molecule has 110 valence electrons. The molecular weight excluding hydrogens is 351 g/mol. The maximum Gasteiger partial charge on any atom is 0.136 e. The summed E-state index contributed by atoms with van der Waals surface area (Å²) in [6.45, 7) is 5.48. The van der Waals surface area contributed by atoms with Crippen LogP contribution in [0.25, 0.3) is 0 Å². The highest BCUT2D eigenvalue weighted by Crippen LogP contribution is 2.31. The molecule has 19 heavy (non-hydrogen) atoms. The highest BCUT2D eigenvalue weighted by Gasteiger charge is 2.06. The molecule has 0 aliphatic carbocycles. The van der Waals surface area contributed by atoms with E-state index in [9.17, 15) is 0 Å². The van der Waals surface area contributed by atoms with Gasteiger partial charge in [0.25, 0.3) is 0 Å². The second kappa shape index (κ2) is 9.83. The Morgan fingerprint density at radius 1 is 1.32 bits per heavy atom. The number of hydrogen-bond donors (Lipinski definition) is 1. The summed E-state index contributed by atoms with van der Waals surface area (Å²) in [5.74, 6) is 0.869. The van der Waals surface area contributed by atoms with Gasteiger partial charge in [0.2, 0.25) is 0 Å². The summed E-state index contributed by atoms with van der Waals surface area (Å²) in [5, 5.41) is 4.05. The van der Waals surface area contributed by atoms with Crippen LogP contribution in [-0.4, -0.2) is 45.2 Å². The van der Waals surface area contributed by atoms with E-state index in [4.69, 9.17) is 16.3 Å². The molecule has 0 saturated heterocycles. The summed E-state index contributed by atoms with van der Waals surface area (Å²) in [6.07, 6.45) is 0. The third kappa shape index (κ3) is 7.37. The fraction of sp³-hybridized carbons (Fsp3) is 0.538. The molecule has 0 aromatic heterocycles. The van der Waals surface area contributed by atoms with Crippen LogP contribution < -0.4 is 22.5 Å². The van der Waals surface area contributed by atoms with Gasteiger partial charge in [0.15, 0.2) is 0 Å². The van der Waals surface area contributed by atoms with Crippen molar-refractivity contribution < 1.29 is 17.1 Å². The molecule has 1 aromatic carbocycles. The van der Waals surface area contributed by atoms with E-state index in [1.165, 1.54) is 0 Å². The average molecular weight is 371 g/mol. The number of nitrogens with one attached hydrogen (secondary N) is 1. The third-order valence-electron chi connectivity index (χ3n) is 2.46. The van der Waals surface area contributed by atoms with Gasteiger partial charge in [-0.05, 0) is 54.6 Å². The number of aryl methyl sites for hydroxylation is 1. The van der Waals surface area contributed by atoms with Crippen LogP contribution in [0, 0.1) is 6.92 Å². The molecule has 0 aliphatic heterocycles. The predicted molar refractivity (Wildman–Crippen MR) is 80.8 cm³/mol. The Balaban J connectivity index is 0.00000324. The Labute approximate surface area is 135 Å². The Kier molecular flexibility index (Phi) is 9.83. The van der Waals surface area contributed by atoms with Crippen molar-refractivity contribution in [1.29, 1.82) is 0 Å². The molecule has 0 heterocycles. The number of hydrogen-bond acceptors (Lipinski definition) is 3. The minimum Gasteiger partial charge on any atom is -1.00 e. The number of rotatable bonds is 7. The first kappa shape index (κ1) is 19.0. The lowest BCUT2D eigenvalue weighted by molar-refractivity contribution is -0.00000411. The number of ether oxygens (including phenoxy) is 1. The van der Waals surface area contributed by atoms with Gasteiger partial charge in [-0.25, -0.2) is 0 Å². The maximum absolute atomic E-state index is 5.95. The summed E-state index contributed by atoms with van der Waals surface area (Å²) >= 11 is 9.42. The minimum atomic E-state index is 0. The van der Waals surface area contributed by atoms with Crippen molar-refractivity contribution in [2.75, 3.05) is 40.3 Å². The summed E-state index contributed by atoms with van der Waals surface area (Å²) in [6, 6.07) is 3.75. The van der Waals surface area contributed by atoms with E-state index in [2.05, 4.69) is 40.2 Å². The Morgan fingerprint density at radius 3 is 2.58 bits per heavy atom. The van der Waals surface area contributed by atoms with Gasteiger partial charge in [-0.1, -0.05) is 11.6 Å². The van der Waals surface area contributed by atoms with E-state index in [1.807, 2.05) is 19.1 Å². The van der Waals surface area contributed by atoms with E-state index in [0.29, 0.717) is 6.61 Å². The topological polar surface area (TPSA) is 24.5 Å². The summed E-state index contributed by atoms with van der Waals surface area (Å²) in [4.78, 5) is 2.15. The van der Waals surface area contributed by atoms with Crippen LogP contribution in [0.1, 0.15) is 5.56 Å². The molecule has 0 saturated carbocycles. The zero-order valence-corrected chi connectivity index (χ0v) is 14.6. The van der Waals surface area contributed by atoms with Crippen LogP contribution in [-0.2, 0) is 0 Å². The fourth-order valence-electron chi connectivity index (χ4n) is 1.52. The smallest absolute Gasteiger partial charge is 0.136 e. The van der Waals surface area contributed by atoms with Crippen LogP contribution in [0.5, 0.6) is 5.75 Å². The van der Waals surface area contributed by atoms with E-state index in [0.717, 1.165) is 40.4 Å². The fourth-order valence-corrected chi connectivity index (χ4v) is 2.60. The first-order valence-corrected chi connectivity index (χ1v) is 7.11. The molecule has 0 aliphatic rings. The van der Waals surface area contributed by atoms with Gasteiger partial charge in [0.05, 0.1) is 4.47 Å². The number of likely N-dealkylation sites (N-methyl/N-ethyl adjacent to an activating group) is 1. The standard InChI is InChI=1S/C13H20BrClN2O.ClH/c1-10-8-11(15)9-12(14)13(10)18-7-5-16-4-6-17(2)3;/h8-9,16H,4-7H2,1-3H3;1H/p-1. The molecule has 0 unspecified atom stereocenters. The van der Waals surface area contributed by atoms with Gasteiger partial charge in [0.1, 0.15) is 12.4 Å². The zero-order chi connectivity index (χ0) is 13.5. The van der Waals surface area contributed by atoms with Gasteiger partial charge in [-0.2, -0.15) is 0 Å². The van der Waals surface area contributed by atoms with Crippen molar-refractivity contribution in [1.82, 2.24) is 10.2 Å². The van der Waals surface area contributed by atoms with Crippen LogP contribution in [0.2, 0.25) is 5.02 Å². The largest absolute Gasteiger partial charge is 1.00 e. The van der Waals surface area contributed by atoms with Gasteiger partial charge < -0.3 is 27.4 Å². The first-order valence-electron chi connectivity index (χ1n) is 5.94. The van der Waals surface area contributed by atoms with Gasteiger partial charge in [-0.3, -0.25) is 0 Å². The van der Waals surface area contributed by atoms with Crippen molar-refractivity contribution in [2.24, 2.45) is 0 Å². The van der Waals surface area contributed by atoms with Gasteiger partial charge in [-0.15, -0.1) is 0 Å². The second-order valence-electron chi connectivity index (χ2n) is 4.44. The SMILES string of the molecule is Cc1cc(Cl)cc(Br)c1OCCNCCN(C)C.[Cl-]. The average Bonchev–Trinajstić information content (AvgIpc) is 2.25. The minimum absolute atomic E-state index is 0. The lowest BCUT2D eigenvalue weighted by Crippen LogP contribution is -3.00. The van der Waals surface area contributed by atoms with Crippen LogP contribution in [0.15, 0.2) is 16.6 Å². The van der Waals surface area contributed by atoms with Crippen molar-refractivity contribution in [3.05, 3.63) is 27.2 Å². The lowest BCUT2D eigenvalue weighted by atomic mass is 10.2. The highest BCUT2D eigenvalue weighted by atomic mass is 79.9. The summed E-state index contributed by atoms with van der Waals surface area (Å²) in [5.41, 5.74) is 1.04. The molecule has 3 nitrogen and oxygen atoms in total. The number of halogens is 3. The van der Waals surface area contributed by atoms with Crippen molar-refractivity contribution in [2.45, 2.75) is 6.92 Å². The first-order chi connectivity index (χ1) is 8.50. The van der Waals surface area contributed by atoms with Gasteiger partial charge in [0, 0.05) is 24.7 Å². The molecule has 1 rings (SSSR count). The van der Waals surface area contributed by atoms with Crippen molar-refractivity contribution >= 4 is 27.5 Å². The van der Waals surface area contributed by atoms with E-state index >= 15 is 0 Å². The zero-order valence-electron chi connectivity index (χ0n) is 11.5. The van der Waals surface area contributed by atoms with E-state index in [-0.39, 0.29) is 12.4 Å². The maximum atomic E-state index is 5.95. The van der Waals surface area contributed by atoms with Crippen LogP contribution >= 0.6 is 27.5 Å². The Morgan fingerprint density at radius 2 is 2.00 bits per heavy atom. The molecule has 1 N–H and O–H groups in total. The molecule has 6 heteroatoms. The molecule has 0 spiro atoms. The molecule has 0 atom stereocenters. The summed E-state index contributed by atoms with van der Waals surface area (Å²) < 4.78 is 6.65. The molecular formula is C13H20BrCl2N2O-. The molecule has 0 radical (unpaired) electrons. The molecule has 1 aromatic rings. The second-order valence-corrected chi connectivity index (χ2v) is 5.73. The van der Waals surface area contributed by atoms with Crippen LogP contribution in [0.4, 0.5) is 0 Å². The predicted octanol–water partition coefficient (Wildman–Crippen LogP) is -0.0551. The van der Waals surface area contributed by atoms with E-state index < -0.39 is 0 Å². The number of nitrogens with zero attached hydrogens (tertiary/aromatic N) is 1.